The minimum absolute atomic E-state index is 0.217. The number of hydrogen-bond acceptors (Lipinski definition) is 6. The SMILES string of the molecule is FC(F)(F)Oc1ccc(CSC2=NCN(Cc3cccnc3)CN2)cc1. The van der Waals surface area contributed by atoms with E-state index in [0.717, 1.165) is 22.8 Å². The Balaban J connectivity index is 1.45. The van der Waals surface area contributed by atoms with E-state index in [9.17, 15) is 13.2 Å². The lowest BCUT2D eigenvalue weighted by Crippen LogP contribution is -2.41. The molecule has 0 spiro atoms. The largest absolute Gasteiger partial charge is 0.573 e. The maximum absolute atomic E-state index is 12.1. The molecule has 1 aliphatic rings. The summed E-state index contributed by atoms with van der Waals surface area (Å²) in [4.78, 5) is 10.7. The average Bonchev–Trinajstić information content (AvgIpc) is 2.62. The van der Waals surface area contributed by atoms with Crippen LogP contribution in [0.1, 0.15) is 11.1 Å². The highest BCUT2D eigenvalue weighted by molar-refractivity contribution is 8.13. The molecule has 0 bridgehead atoms. The van der Waals surface area contributed by atoms with Gasteiger partial charge in [0.15, 0.2) is 5.17 Å². The molecule has 138 valence electrons. The monoisotopic (exact) mass is 382 g/mol. The molecule has 2 heterocycles. The summed E-state index contributed by atoms with van der Waals surface area (Å²) in [6, 6.07) is 9.79. The number of halogens is 3. The Hall–Kier alpha value is -2.26. The summed E-state index contributed by atoms with van der Waals surface area (Å²) in [5.41, 5.74) is 2.02. The fourth-order valence-electron chi connectivity index (χ4n) is 2.34. The van der Waals surface area contributed by atoms with Crippen LogP contribution >= 0.6 is 11.8 Å². The summed E-state index contributed by atoms with van der Waals surface area (Å²) < 4.78 is 40.3. The molecule has 0 unspecified atom stereocenters. The zero-order valence-electron chi connectivity index (χ0n) is 13.7. The highest BCUT2D eigenvalue weighted by atomic mass is 32.2. The molecule has 0 atom stereocenters. The van der Waals surface area contributed by atoms with E-state index in [0.29, 0.717) is 19.1 Å². The molecule has 0 aliphatic carbocycles. The normalized spacial score (nSPS) is 15.3. The summed E-state index contributed by atoms with van der Waals surface area (Å²) in [6.45, 7) is 2.03. The highest BCUT2D eigenvalue weighted by Gasteiger charge is 2.30. The van der Waals surface area contributed by atoms with Gasteiger partial charge in [0.2, 0.25) is 0 Å². The molecule has 1 aromatic carbocycles. The van der Waals surface area contributed by atoms with Gasteiger partial charge in [0.25, 0.3) is 0 Å². The quantitative estimate of drug-likeness (QED) is 0.857. The van der Waals surface area contributed by atoms with Gasteiger partial charge in [-0.3, -0.25) is 9.88 Å². The van der Waals surface area contributed by atoms with Crippen LogP contribution < -0.4 is 10.1 Å². The molecular formula is C17H17F3N4OS. The number of amidine groups is 1. The van der Waals surface area contributed by atoms with Crippen LogP contribution in [0.15, 0.2) is 53.8 Å². The van der Waals surface area contributed by atoms with Gasteiger partial charge in [-0.15, -0.1) is 13.2 Å². The second kappa shape index (κ2) is 8.41. The smallest absolute Gasteiger partial charge is 0.406 e. The molecule has 1 aliphatic heterocycles. The van der Waals surface area contributed by atoms with Crippen LogP contribution in [0.3, 0.4) is 0 Å². The van der Waals surface area contributed by atoms with E-state index in [4.69, 9.17) is 0 Å². The molecule has 0 saturated heterocycles. The van der Waals surface area contributed by atoms with Crippen molar-refractivity contribution in [3.63, 3.8) is 0 Å². The Labute approximate surface area is 153 Å². The molecule has 1 aromatic heterocycles. The first-order valence-electron chi connectivity index (χ1n) is 7.85. The fraction of sp³-hybridized carbons (Fsp3) is 0.294. The van der Waals surface area contributed by atoms with Crippen LogP contribution in [0.2, 0.25) is 0 Å². The Bertz CT molecular complexity index is 738. The molecular weight excluding hydrogens is 365 g/mol. The minimum atomic E-state index is -4.67. The highest BCUT2D eigenvalue weighted by Crippen LogP contribution is 2.24. The number of alkyl halides is 3. The van der Waals surface area contributed by atoms with Gasteiger partial charge in [-0.1, -0.05) is 30.0 Å². The lowest BCUT2D eigenvalue weighted by atomic mass is 10.2. The Morgan fingerprint density at radius 2 is 1.96 bits per heavy atom. The van der Waals surface area contributed by atoms with Gasteiger partial charge in [-0.25, -0.2) is 4.99 Å². The van der Waals surface area contributed by atoms with Crippen molar-refractivity contribution >= 4 is 16.9 Å². The van der Waals surface area contributed by atoms with Crippen molar-refractivity contribution < 1.29 is 17.9 Å². The van der Waals surface area contributed by atoms with Gasteiger partial charge >= 0.3 is 6.36 Å². The fourth-order valence-corrected chi connectivity index (χ4v) is 3.15. The second-order valence-electron chi connectivity index (χ2n) is 5.61. The lowest BCUT2D eigenvalue weighted by Gasteiger charge is -2.26. The molecule has 0 radical (unpaired) electrons. The Morgan fingerprint density at radius 3 is 2.58 bits per heavy atom. The number of aromatic nitrogens is 1. The van der Waals surface area contributed by atoms with E-state index in [2.05, 4.69) is 24.9 Å². The zero-order valence-corrected chi connectivity index (χ0v) is 14.6. The van der Waals surface area contributed by atoms with Gasteiger partial charge in [0.1, 0.15) is 5.75 Å². The van der Waals surface area contributed by atoms with Gasteiger partial charge in [-0.05, 0) is 29.3 Å². The van der Waals surface area contributed by atoms with Gasteiger partial charge in [0, 0.05) is 24.7 Å². The summed E-state index contributed by atoms with van der Waals surface area (Å²) in [6.07, 6.45) is -1.09. The standard InChI is InChI=1S/C17H17F3N4OS/c18-17(19,20)25-15-5-3-13(4-6-15)10-26-16-22-11-24(12-23-16)9-14-2-1-7-21-8-14/h1-8H,9-12H2,(H,22,23). The van der Waals surface area contributed by atoms with Crippen LogP contribution in [0, 0.1) is 0 Å². The van der Waals surface area contributed by atoms with Crippen LogP contribution in [0.25, 0.3) is 0 Å². The molecule has 0 fully saturated rings. The first kappa shape index (κ1) is 18.5. The third kappa shape index (κ3) is 5.92. The van der Waals surface area contributed by atoms with Gasteiger partial charge in [0.05, 0.1) is 13.3 Å². The van der Waals surface area contributed by atoms with Crippen molar-refractivity contribution in [1.29, 1.82) is 0 Å². The summed E-state index contributed by atoms with van der Waals surface area (Å²) in [5.74, 6) is 0.395. The molecule has 26 heavy (non-hydrogen) atoms. The van der Waals surface area contributed by atoms with E-state index in [-0.39, 0.29) is 5.75 Å². The molecule has 0 saturated carbocycles. The molecule has 2 aromatic rings. The number of pyridine rings is 1. The summed E-state index contributed by atoms with van der Waals surface area (Å²) in [7, 11) is 0. The van der Waals surface area contributed by atoms with E-state index in [1.807, 2.05) is 18.3 Å². The van der Waals surface area contributed by atoms with E-state index >= 15 is 0 Å². The molecule has 0 amide bonds. The molecule has 5 nitrogen and oxygen atoms in total. The number of rotatable bonds is 5. The lowest BCUT2D eigenvalue weighted by molar-refractivity contribution is -0.274. The molecule has 1 N–H and O–H groups in total. The third-order valence-corrected chi connectivity index (χ3v) is 4.55. The van der Waals surface area contributed by atoms with Crippen molar-refractivity contribution in [1.82, 2.24) is 15.2 Å². The number of aliphatic imine (C=N–C) groups is 1. The van der Waals surface area contributed by atoms with Gasteiger partial charge < -0.3 is 10.1 Å². The van der Waals surface area contributed by atoms with E-state index < -0.39 is 6.36 Å². The van der Waals surface area contributed by atoms with Crippen LogP contribution in [-0.2, 0) is 12.3 Å². The number of benzene rings is 1. The zero-order chi connectivity index (χ0) is 18.4. The first-order chi connectivity index (χ1) is 12.5. The maximum atomic E-state index is 12.1. The second-order valence-corrected chi connectivity index (χ2v) is 6.57. The van der Waals surface area contributed by atoms with Crippen LogP contribution in [0.5, 0.6) is 5.75 Å². The number of hydrogen-bond donors (Lipinski definition) is 1. The van der Waals surface area contributed by atoms with Gasteiger partial charge in [-0.2, -0.15) is 0 Å². The van der Waals surface area contributed by atoms with Crippen molar-refractivity contribution in [3.05, 3.63) is 59.9 Å². The number of nitrogens with zero attached hydrogens (tertiary/aromatic N) is 3. The van der Waals surface area contributed by atoms with Crippen molar-refractivity contribution in [3.8, 4) is 5.75 Å². The Morgan fingerprint density at radius 1 is 1.15 bits per heavy atom. The van der Waals surface area contributed by atoms with Crippen LogP contribution in [0.4, 0.5) is 13.2 Å². The summed E-state index contributed by atoms with van der Waals surface area (Å²) in [5, 5.41) is 4.07. The third-order valence-electron chi connectivity index (χ3n) is 3.53. The number of nitrogens with one attached hydrogen (secondary N) is 1. The number of thioether (sulfide) groups is 1. The average molecular weight is 382 g/mol. The predicted octanol–water partition coefficient (Wildman–Crippen LogP) is 3.59. The van der Waals surface area contributed by atoms with E-state index in [1.165, 1.54) is 23.9 Å². The predicted molar refractivity (Wildman–Crippen MR) is 94.5 cm³/mol. The maximum Gasteiger partial charge on any atom is 0.573 e. The van der Waals surface area contributed by atoms with Crippen molar-refractivity contribution in [2.45, 2.75) is 18.7 Å². The summed E-state index contributed by atoms with van der Waals surface area (Å²) >= 11 is 1.51. The minimum Gasteiger partial charge on any atom is -0.406 e. The number of ether oxygens (including phenoxy) is 1. The Kier molecular flexibility index (Phi) is 6.00. The van der Waals surface area contributed by atoms with Crippen molar-refractivity contribution in [2.75, 3.05) is 13.3 Å². The first-order valence-corrected chi connectivity index (χ1v) is 8.83. The van der Waals surface area contributed by atoms with E-state index in [1.54, 1.807) is 18.3 Å². The molecule has 9 heteroatoms. The topological polar surface area (TPSA) is 49.8 Å². The molecule has 3 rings (SSSR count). The van der Waals surface area contributed by atoms with Crippen molar-refractivity contribution in [2.24, 2.45) is 4.99 Å². The van der Waals surface area contributed by atoms with Crippen LogP contribution in [-0.4, -0.2) is 34.8 Å².